The number of carbonyl (C=O) groups is 1. The molecule has 1 aromatic carbocycles. The van der Waals surface area contributed by atoms with Crippen molar-refractivity contribution in [1.29, 1.82) is 0 Å². The highest BCUT2D eigenvalue weighted by Crippen LogP contribution is 2.45. The van der Waals surface area contributed by atoms with Crippen molar-refractivity contribution < 1.29 is 9.18 Å². The predicted molar refractivity (Wildman–Crippen MR) is 144 cm³/mol. The summed E-state index contributed by atoms with van der Waals surface area (Å²) in [5.41, 5.74) is 2.09. The standard InChI is InChI=1S/C32H46FNO/c1-4-6-7-23-8-10-24(11-9-23)25-12-14-26(15-13-25)28-18-21-30(31(33)22-28)27-16-19-29(20-17-27)34(3)32(35)5-2/h4-5,18,21-27,29H,1-2,6-17,19-20H2,3H3. The van der Waals surface area contributed by atoms with Crippen molar-refractivity contribution in [3.05, 3.63) is 60.5 Å². The maximum absolute atomic E-state index is 15.2. The van der Waals surface area contributed by atoms with Crippen LogP contribution in [0.4, 0.5) is 4.39 Å². The smallest absolute Gasteiger partial charge is 0.245 e. The van der Waals surface area contributed by atoms with Crippen LogP contribution >= 0.6 is 0 Å². The molecule has 0 unspecified atom stereocenters. The Kier molecular flexibility index (Phi) is 9.25. The summed E-state index contributed by atoms with van der Waals surface area (Å²) in [6.45, 7) is 7.47. The fraction of sp³-hybridized carbons (Fsp3) is 0.656. The third kappa shape index (κ3) is 6.46. The van der Waals surface area contributed by atoms with Crippen molar-refractivity contribution in [2.45, 2.75) is 108 Å². The molecule has 0 bridgehead atoms. The number of hydrogen-bond donors (Lipinski definition) is 0. The van der Waals surface area contributed by atoms with E-state index >= 15 is 4.39 Å². The molecular weight excluding hydrogens is 433 g/mol. The lowest BCUT2D eigenvalue weighted by molar-refractivity contribution is -0.127. The van der Waals surface area contributed by atoms with E-state index in [4.69, 9.17) is 0 Å². The lowest BCUT2D eigenvalue weighted by Gasteiger charge is -2.38. The Morgan fingerprint density at radius 1 is 0.914 bits per heavy atom. The SMILES string of the molecule is C=CCCC1CCC(C2CCC(c3ccc(C4CCC(N(C)C(=O)C=C)CC4)c(F)c3)CC2)CC1. The van der Waals surface area contributed by atoms with Crippen LogP contribution in [0.25, 0.3) is 0 Å². The molecule has 3 heteroatoms. The van der Waals surface area contributed by atoms with E-state index < -0.39 is 0 Å². The van der Waals surface area contributed by atoms with Gasteiger partial charge in [-0.1, -0.05) is 37.6 Å². The number of hydrogen-bond acceptors (Lipinski definition) is 1. The summed E-state index contributed by atoms with van der Waals surface area (Å²) in [6.07, 6.45) is 20.4. The number of rotatable bonds is 8. The van der Waals surface area contributed by atoms with Gasteiger partial charge in [-0.05, 0) is 130 Å². The summed E-state index contributed by atoms with van der Waals surface area (Å²) < 4.78 is 15.2. The highest BCUT2D eigenvalue weighted by molar-refractivity contribution is 5.87. The monoisotopic (exact) mass is 479 g/mol. The maximum Gasteiger partial charge on any atom is 0.245 e. The molecule has 3 aliphatic carbocycles. The van der Waals surface area contributed by atoms with Crippen molar-refractivity contribution in [2.24, 2.45) is 17.8 Å². The van der Waals surface area contributed by atoms with E-state index in [1.54, 1.807) is 4.90 Å². The summed E-state index contributed by atoms with van der Waals surface area (Å²) >= 11 is 0. The van der Waals surface area contributed by atoms with E-state index in [1.165, 1.54) is 75.8 Å². The van der Waals surface area contributed by atoms with Gasteiger partial charge in [-0.3, -0.25) is 4.79 Å². The van der Waals surface area contributed by atoms with Crippen molar-refractivity contribution in [3.8, 4) is 0 Å². The first-order valence-electron chi connectivity index (χ1n) is 14.3. The fourth-order valence-corrected chi connectivity index (χ4v) is 7.45. The second kappa shape index (κ2) is 12.4. The predicted octanol–water partition coefficient (Wildman–Crippen LogP) is 8.54. The van der Waals surface area contributed by atoms with Crippen molar-refractivity contribution in [2.75, 3.05) is 7.05 Å². The van der Waals surface area contributed by atoms with E-state index in [9.17, 15) is 4.79 Å². The first-order valence-corrected chi connectivity index (χ1v) is 14.3. The number of allylic oxidation sites excluding steroid dienone is 1. The summed E-state index contributed by atoms with van der Waals surface area (Å²) in [6, 6.07) is 6.39. The van der Waals surface area contributed by atoms with Crippen molar-refractivity contribution >= 4 is 5.91 Å². The average molecular weight is 480 g/mol. The Hall–Kier alpha value is -1.90. The van der Waals surface area contributed by atoms with Gasteiger partial charge in [-0.25, -0.2) is 4.39 Å². The number of halogens is 1. The van der Waals surface area contributed by atoms with Gasteiger partial charge in [0.05, 0.1) is 0 Å². The van der Waals surface area contributed by atoms with Gasteiger partial charge in [-0.15, -0.1) is 6.58 Å². The van der Waals surface area contributed by atoms with Crippen LogP contribution in [0.3, 0.4) is 0 Å². The van der Waals surface area contributed by atoms with Gasteiger partial charge in [0.2, 0.25) is 5.91 Å². The molecule has 0 radical (unpaired) electrons. The number of likely N-dealkylation sites (N-methyl/N-ethyl adjacent to an activating group) is 1. The Balaban J connectivity index is 1.26. The third-order valence-electron chi connectivity index (χ3n) is 9.81. The first-order chi connectivity index (χ1) is 17.0. The zero-order chi connectivity index (χ0) is 24.8. The fourth-order valence-electron chi connectivity index (χ4n) is 7.45. The molecule has 0 aromatic heterocycles. The van der Waals surface area contributed by atoms with Crippen LogP contribution in [-0.2, 0) is 4.79 Å². The molecule has 0 heterocycles. The molecule has 0 spiro atoms. The average Bonchev–Trinajstić information content (AvgIpc) is 2.91. The largest absolute Gasteiger partial charge is 0.339 e. The highest BCUT2D eigenvalue weighted by atomic mass is 19.1. The molecule has 1 amide bonds. The van der Waals surface area contributed by atoms with Crippen LogP contribution in [0.5, 0.6) is 0 Å². The Bertz CT molecular complexity index is 854. The van der Waals surface area contributed by atoms with Crippen molar-refractivity contribution in [1.82, 2.24) is 4.90 Å². The summed E-state index contributed by atoms with van der Waals surface area (Å²) in [5.74, 6) is 3.49. The second-order valence-electron chi connectivity index (χ2n) is 11.7. The molecule has 3 fully saturated rings. The number of nitrogens with zero attached hydrogens (tertiary/aromatic N) is 1. The quantitative estimate of drug-likeness (QED) is 0.270. The van der Waals surface area contributed by atoms with Crippen LogP contribution in [0.15, 0.2) is 43.5 Å². The van der Waals surface area contributed by atoms with Crippen LogP contribution in [0, 0.1) is 23.6 Å². The van der Waals surface area contributed by atoms with E-state index in [1.807, 2.05) is 13.1 Å². The summed E-state index contributed by atoms with van der Waals surface area (Å²) in [7, 11) is 1.86. The first kappa shape index (κ1) is 26.2. The molecule has 0 atom stereocenters. The molecule has 4 rings (SSSR count). The topological polar surface area (TPSA) is 20.3 Å². The summed E-state index contributed by atoms with van der Waals surface area (Å²) in [4.78, 5) is 13.7. The highest BCUT2D eigenvalue weighted by Gasteiger charge is 2.32. The Morgan fingerprint density at radius 2 is 1.51 bits per heavy atom. The molecule has 35 heavy (non-hydrogen) atoms. The number of carbonyl (C=O) groups excluding carboxylic acids is 1. The van der Waals surface area contributed by atoms with E-state index in [0.717, 1.165) is 49.0 Å². The van der Waals surface area contributed by atoms with Gasteiger partial charge in [0, 0.05) is 13.1 Å². The third-order valence-corrected chi connectivity index (χ3v) is 9.81. The minimum Gasteiger partial charge on any atom is -0.339 e. The second-order valence-corrected chi connectivity index (χ2v) is 11.7. The van der Waals surface area contributed by atoms with Gasteiger partial charge in [0.25, 0.3) is 0 Å². The van der Waals surface area contributed by atoms with Crippen LogP contribution in [0.2, 0.25) is 0 Å². The van der Waals surface area contributed by atoms with Crippen molar-refractivity contribution in [3.63, 3.8) is 0 Å². The van der Waals surface area contributed by atoms with E-state index in [2.05, 4.69) is 31.4 Å². The normalized spacial score (nSPS) is 31.5. The Morgan fingerprint density at radius 3 is 2.09 bits per heavy atom. The van der Waals surface area contributed by atoms with Gasteiger partial charge in [0.1, 0.15) is 5.82 Å². The van der Waals surface area contributed by atoms with Crippen LogP contribution in [0.1, 0.15) is 113 Å². The van der Waals surface area contributed by atoms with E-state index in [0.29, 0.717) is 5.92 Å². The molecule has 3 aliphatic rings. The molecule has 0 saturated heterocycles. The minimum atomic E-state index is -0.0186. The van der Waals surface area contributed by atoms with Gasteiger partial charge < -0.3 is 4.90 Å². The molecule has 0 aliphatic heterocycles. The molecule has 3 saturated carbocycles. The summed E-state index contributed by atoms with van der Waals surface area (Å²) in [5, 5.41) is 0. The van der Waals surface area contributed by atoms with E-state index in [-0.39, 0.29) is 23.7 Å². The lowest BCUT2D eigenvalue weighted by Crippen LogP contribution is -2.38. The molecule has 1 aromatic rings. The molecule has 0 N–H and O–H groups in total. The Labute approximate surface area is 213 Å². The lowest BCUT2D eigenvalue weighted by atomic mass is 9.68. The van der Waals surface area contributed by atoms with Crippen LogP contribution < -0.4 is 0 Å². The maximum atomic E-state index is 15.2. The molecule has 192 valence electrons. The van der Waals surface area contributed by atoms with Gasteiger partial charge in [-0.2, -0.15) is 0 Å². The zero-order valence-electron chi connectivity index (χ0n) is 21.9. The number of amides is 1. The van der Waals surface area contributed by atoms with Gasteiger partial charge >= 0.3 is 0 Å². The molecular formula is C32H46FNO. The van der Waals surface area contributed by atoms with Crippen LogP contribution in [-0.4, -0.2) is 23.9 Å². The zero-order valence-corrected chi connectivity index (χ0v) is 21.9. The van der Waals surface area contributed by atoms with Gasteiger partial charge in [0.15, 0.2) is 0 Å². The number of benzene rings is 1. The minimum absolute atomic E-state index is 0.0126. The molecule has 2 nitrogen and oxygen atoms in total.